The van der Waals surface area contributed by atoms with Crippen LogP contribution in [-0.4, -0.2) is 78.0 Å². The Bertz CT molecular complexity index is 1070. The summed E-state index contributed by atoms with van der Waals surface area (Å²) >= 11 is 0. The van der Waals surface area contributed by atoms with Crippen LogP contribution in [0.3, 0.4) is 0 Å². The highest BCUT2D eigenvalue weighted by molar-refractivity contribution is 5.94. The van der Waals surface area contributed by atoms with Crippen LogP contribution in [0.1, 0.15) is 51.5 Å². The lowest BCUT2D eigenvalue weighted by molar-refractivity contribution is -0.143. The molecule has 0 saturated heterocycles. The van der Waals surface area contributed by atoms with Crippen LogP contribution in [0.5, 0.6) is 0 Å². The second-order valence-electron chi connectivity index (χ2n) is 10.0. The average molecular weight is 591 g/mol. The maximum absolute atomic E-state index is 13.5. The van der Waals surface area contributed by atoms with E-state index in [-0.39, 0.29) is 50.2 Å². The molecule has 0 spiro atoms. The van der Waals surface area contributed by atoms with Gasteiger partial charge in [0.1, 0.15) is 18.1 Å². The zero-order valence-corrected chi connectivity index (χ0v) is 24.3. The monoisotopic (exact) mass is 590 g/mol. The van der Waals surface area contributed by atoms with E-state index in [4.69, 9.17) is 28.7 Å². The summed E-state index contributed by atoms with van der Waals surface area (Å²) < 4.78 is 0. The van der Waals surface area contributed by atoms with Gasteiger partial charge in [-0.3, -0.25) is 24.4 Å². The maximum Gasteiger partial charge on any atom is 0.326 e. The molecule has 0 bridgehead atoms. The van der Waals surface area contributed by atoms with Crippen molar-refractivity contribution in [3.05, 3.63) is 35.9 Å². The summed E-state index contributed by atoms with van der Waals surface area (Å²) in [5.74, 6) is -3.60. The third kappa shape index (κ3) is 13.8. The van der Waals surface area contributed by atoms with E-state index in [0.717, 1.165) is 5.56 Å². The lowest BCUT2D eigenvalue weighted by Gasteiger charge is -2.26. The van der Waals surface area contributed by atoms with Gasteiger partial charge in [0.15, 0.2) is 11.9 Å². The molecule has 0 aliphatic carbocycles. The van der Waals surface area contributed by atoms with Crippen LogP contribution in [0.2, 0.25) is 0 Å². The molecular weight excluding hydrogens is 544 g/mol. The molecule has 0 aliphatic heterocycles. The summed E-state index contributed by atoms with van der Waals surface area (Å²) in [6.07, 6.45) is 1.78. The van der Waals surface area contributed by atoms with Gasteiger partial charge in [-0.05, 0) is 37.2 Å². The molecule has 0 saturated carbocycles. The van der Waals surface area contributed by atoms with E-state index >= 15 is 0 Å². The normalized spacial score (nSPS) is 14.3. The topological polar surface area (TPSA) is 279 Å². The number of rotatable bonds is 19. The van der Waals surface area contributed by atoms with Crippen molar-refractivity contribution < 1.29 is 24.3 Å². The summed E-state index contributed by atoms with van der Waals surface area (Å²) in [6, 6.07) is 4.65. The predicted molar refractivity (Wildman–Crippen MR) is 161 cm³/mol. The fourth-order valence-corrected chi connectivity index (χ4v) is 3.97. The predicted octanol–water partition coefficient (Wildman–Crippen LogP) is -1.75. The Balaban J connectivity index is 3.13. The quantitative estimate of drug-likeness (QED) is 0.0497. The van der Waals surface area contributed by atoms with E-state index in [1.165, 1.54) is 0 Å². The molecule has 0 fully saturated rings. The Morgan fingerprint density at radius 3 is 1.86 bits per heavy atom. The van der Waals surface area contributed by atoms with Crippen LogP contribution in [0, 0.1) is 5.92 Å². The highest BCUT2D eigenvalue weighted by atomic mass is 16.4. The minimum atomic E-state index is -1.18. The van der Waals surface area contributed by atoms with Gasteiger partial charge in [-0.15, -0.1) is 0 Å². The molecular formula is C27H46N10O5. The first-order chi connectivity index (χ1) is 19.8. The van der Waals surface area contributed by atoms with Crippen molar-refractivity contribution in [2.24, 2.45) is 44.6 Å². The standard InChI is InChI=1S/C27H46N10O5/c1-3-16(2)21(25(41)42)37-24(40)20(15-17-9-5-4-6-10-17)36-23(39)19(12-8-14-34-27(31)32)35-22(38)18(28)11-7-13-33-26(29)30/h4-6,9-10,16,18-21H,3,7-8,11-15,28H2,1-2H3,(H,35,38)(H,36,39)(H,37,40)(H,41,42)(H4,29,30,33)(H4,31,32,34). The minimum Gasteiger partial charge on any atom is -0.480 e. The number of aliphatic carboxylic acids is 1. The average Bonchev–Trinajstić information content (AvgIpc) is 2.94. The number of benzene rings is 1. The molecule has 0 radical (unpaired) electrons. The largest absolute Gasteiger partial charge is 0.480 e. The highest BCUT2D eigenvalue weighted by Crippen LogP contribution is 2.11. The fraction of sp³-hybridized carbons (Fsp3) is 0.556. The Kier molecular flexibility index (Phi) is 16.0. The van der Waals surface area contributed by atoms with Crippen LogP contribution in [0.25, 0.3) is 0 Å². The molecule has 15 heteroatoms. The zero-order valence-electron chi connectivity index (χ0n) is 24.3. The Morgan fingerprint density at radius 2 is 1.33 bits per heavy atom. The number of carboxylic acid groups (broad SMARTS) is 1. The first-order valence-corrected chi connectivity index (χ1v) is 13.9. The second-order valence-corrected chi connectivity index (χ2v) is 10.0. The third-order valence-corrected chi connectivity index (χ3v) is 6.58. The van der Waals surface area contributed by atoms with Crippen LogP contribution < -0.4 is 44.6 Å². The van der Waals surface area contributed by atoms with E-state index in [1.807, 2.05) is 13.0 Å². The van der Waals surface area contributed by atoms with Crippen molar-refractivity contribution in [2.75, 3.05) is 13.1 Å². The second kappa shape index (κ2) is 18.9. The maximum atomic E-state index is 13.5. The van der Waals surface area contributed by atoms with Crippen molar-refractivity contribution in [3.8, 4) is 0 Å². The van der Waals surface area contributed by atoms with Crippen LogP contribution in [-0.2, 0) is 25.6 Å². The van der Waals surface area contributed by atoms with E-state index in [2.05, 4.69) is 25.9 Å². The number of hydrogen-bond donors (Lipinski definition) is 9. The Morgan fingerprint density at radius 1 is 0.810 bits per heavy atom. The number of guanidine groups is 2. The number of nitrogens with zero attached hydrogens (tertiary/aromatic N) is 2. The molecule has 0 aliphatic rings. The molecule has 3 amide bonds. The zero-order chi connectivity index (χ0) is 31.7. The van der Waals surface area contributed by atoms with Gasteiger partial charge < -0.3 is 49.7 Å². The molecule has 14 N–H and O–H groups in total. The summed E-state index contributed by atoms with van der Waals surface area (Å²) in [6.45, 7) is 4.02. The van der Waals surface area contributed by atoms with Crippen molar-refractivity contribution >= 4 is 35.6 Å². The van der Waals surface area contributed by atoms with Gasteiger partial charge >= 0.3 is 5.97 Å². The van der Waals surface area contributed by atoms with Gasteiger partial charge in [0.25, 0.3) is 0 Å². The van der Waals surface area contributed by atoms with E-state index in [9.17, 15) is 24.3 Å². The van der Waals surface area contributed by atoms with Crippen molar-refractivity contribution in [1.82, 2.24) is 16.0 Å². The molecule has 0 heterocycles. The lowest BCUT2D eigenvalue weighted by Crippen LogP contribution is -2.58. The number of nitrogens with one attached hydrogen (secondary N) is 3. The van der Waals surface area contributed by atoms with Gasteiger partial charge in [-0.25, -0.2) is 4.79 Å². The number of carbonyl (C=O) groups excluding carboxylic acids is 3. The first-order valence-electron chi connectivity index (χ1n) is 13.9. The fourth-order valence-electron chi connectivity index (χ4n) is 3.97. The number of hydrogen-bond acceptors (Lipinski definition) is 7. The summed E-state index contributed by atoms with van der Waals surface area (Å²) in [4.78, 5) is 59.3. The molecule has 15 nitrogen and oxygen atoms in total. The molecule has 42 heavy (non-hydrogen) atoms. The summed E-state index contributed by atoms with van der Waals surface area (Å²) in [7, 11) is 0. The number of amides is 3. The molecule has 5 atom stereocenters. The SMILES string of the molecule is CCC(C)C(NC(=O)C(Cc1ccccc1)NC(=O)C(CCCN=C(N)N)NC(=O)C(N)CCCN=C(N)N)C(=O)O. The van der Waals surface area contributed by atoms with Crippen LogP contribution in [0.15, 0.2) is 40.3 Å². The number of carboxylic acids is 1. The van der Waals surface area contributed by atoms with Gasteiger partial charge in [0.05, 0.1) is 6.04 Å². The smallest absolute Gasteiger partial charge is 0.326 e. The number of carbonyl (C=O) groups is 4. The molecule has 1 aromatic carbocycles. The van der Waals surface area contributed by atoms with E-state index in [0.29, 0.717) is 19.3 Å². The first kappa shape index (κ1) is 35.6. The van der Waals surface area contributed by atoms with Gasteiger partial charge in [0.2, 0.25) is 17.7 Å². The van der Waals surface area contributed by atoms with Crippen LogP contribution in [0.4, 0.5) is 0 Å². The Hall–Kier alpha value is -4.40. The Labute approximate surface area is 246 Å². The molecule has 234 valence electrons. The highest BCUT2D eigenvalue weighted by Gasteiger charge is 2.32. The van der Waals surface area contributed by atoms with E-state index < -0.39 is 47.9 Å². The summed E-state index contributed by atoms with van der Waals surface area (Å²) in [5, 5.41) is 17.6. The molecule has 5 unspecified atom stereocenters. The van der Waals surface area contributed by atoms with Crippen molar-refractivity contribution in [2.45, 2.75) is 76.5 Å². The minimum absolute atomic E-state index is 0.0709. The van der Waals surface area contributed by atoms with Crippen LogP contribution >= 0.6 is 0 Å². The van der Waals surface area contributed by atoms with Gasteiger partial charge in [-0.2, -0.15) is 0 Å². The molecule has 1 aromatic rings. The molecule has 1 rings (SSSR count). The number of aliphatic imine (C=N–C) groups is 2. The van der Waals surface area contributed by atoms with E-state index in [1.54, 1.807) is 31.2 Å². The molecule has 0 aromatic heterocycles. The number of nitrogens with two attached hydrogens (primary N) is 5. The van der Waals surface area contributed by atoms with Crippen molar-refractivity contribution in [3.63, 3.8) is 0 Å². The van der Waals surface area contributed by atoms with Gasteiger partial charge in [-0.1, -0.05) is 50.6 Å². The summed E-state index contributed by atoms with van der Waals surface area (Å²) in [5.41, 5.74) is 28.1. The lowest BCUT2D eigenvalue weighted by atomic mass is 9.98. The van der Waals surface area contributed by atoms with Crippen molar-refractivity contribution in [1.29, 1.82) is 0 Å². The third-order valence-electron chi connectivity index (χ3n) is 6.58. The van der Waals surface area contributed by atoms with Gasteiger partial charge in [0, 0.05) is 19.5 Å².